The lowest BCUT2D eigenvalue weighted by molar-refractivity contribution is 0.0680. The topological polar surface area (TPSA) is 52.5 Å². The van der Waals surface area contributed by atoms with Crippen LogP contribution in [0.5, 0.6) is 0 Å². The number of aliphatic hydroxyl groups is 2. The van der Waals surface area contributed by atoms with E-state index in [0.717, 1.165) is 19.4 Å². The van der Waals surface area contributed by atoms with Crippen molar-refractivity contribution < 1.29 is 10.2 Å². The quantitative estimate of drug-likeness (QED) is 0.356. The van der Waals surface area contributed by atoms with Crippen molar-refractivity contribution in [3.63, 3.8) is 0 Å². The van der Waals surface area contributed by atoms with Gasteiger partial charge in [0, 0.05) is 0 Å². The second-order valence-corrected chi connectivity index (χ2v) is 2.01. The highest BCUT2D eigenvalue weighted by molar-refractivity contribution is 4.49. The van der Waals surface area contributed by atoms with Crippen LogP contribution in [0.4, 0.5) is 0 Å². The molecule has 0 bridgehead atoms. The summed E-state index contributed by atoms with van der Waals surface area (Å²) in [5.41, 5.74) is 0. The van der Waals surface area contributed by atoms with Gasteiger partial charge in [0.2, 0.25) is 0 Å². The molecule has 0 aromatic heterocycles. The van der Waals surface area contributed by atoms with Crippen LogP contribution in [0.15, 0.2) is 0 Å². The van der Waals surface area contributed by atoms with Crippen molar-refractivity contribution in [2.45, 2.75) is 26.0 Å². The van der Waals surface area contributed by atoms with Crippen LogP contribution in [0.25, 0.3) is 0 Å². The minimum atomic E-state index is -0.739. The maximum absolute atomic E-state index is 8.72. The van der Waals surface area contributed by atoms with E-state index >= 15 is 0 Å². The lowest BCUT2D eigenvalue weighted by Gasteiger charge is -2.07. The first kappa shape index (κ1) is 8.88. The molecule has 0 amide bonds. The van der Waals surface area contributed by atoms with Crippen molar-refractivity contribution in [1.82, 2.24) is 5.32 Å². The van der Waals surface area contributed by atoms with E-state index in [1.165, 1.54) is 0 Å². The summed E-state index contributed by atoms with van der Waals surface area (Å²) in [5.74, 6) is 0. The number of aliphatic hydroxyl groups excluding tert-OH is 2. The van der Waals surface area contributed by atoms with Crippen molar-refractivity contribution in [2.75, 3.05) is 13.2 Å². The van der Waals surface area contributed by atoms with Crippen LogP contribution in [0.2, 0.25) is 0 Å². The molecule has 3 heteroatoms. The standard InChI is InChI=1S/C6H15NO2/c1-2-3-4-7-6(9)5-8/h6-9H,2-5H2,1H3/t6-/m1/s1. The molecule has 0 aromatic rings. The van der Waals surface area contributed by atoms with Gasteiger partial charge in [-0.1, -0.05) is 13.3 Å². The first-order chi connectivity index (χ1) is 4.31. The largest absolute Gasteiger partial charge is 0.392 e. The number of hydrogen-bond acceptors (Lipinski definition) is 3. The number of nitrogens with one attached hydrogen (secondary N) is 1. The molecule has 0 saturated carbocycles. The molecule has 3 N–H and O–H groups in total. The van der Waals surface area contributed by atoms with Crippen LogP contribution in [0, 0.1) is 0 Å². The minimum absolute atomic E-state index is 0.205. The second kappa shape index (κ2) is 6.01. The van der Waals surface area contributed by atoms with Gasteiger partial charge in [-0.15, -0.1) is 0 Å². The van der Waals surface area contributed by atoms with E-state index in [-0.39, 0.29) is 6.61 Å². The van der Waals surface area contributed by atoms with Crippen molar-refractivity contribution in [1.29, 1.82) is 0 Å². The molecule has 0 unspecified atom stereocenters. The summed E-state index contributed by atoms with van der Waals surface area (Å²) in [6, 6.07) is 0. The molecule has 0 aromatic carbocycles. The fraction of sp³-hybridized carbons (Fsp3) is 1.00. The predicted molar refractivity (Wildman–Crippen MR) is 36.0 cm³/mol. The van der Waals surface area contributed by atoms with Gasteiger partial charge >= 0.3 is 0 Å². The Bertz CT molecular complexity index is 59.0. The average molecular weight is 133 g/mol. The van der Waals surface area contributed by atoms with E-state index in [1.807, 2.05) is 0 Å². The van der Waals surface area contributed by atoms with Crippen molar-refractivity contribution >= 4 is 0 Å². The van der Waals surface area contributed by atoms with Gasteiger partial charge in [-0.05, 0) is 13.0 Å². The lowest BCUT2D eigenvalue weighted by Crippen LogP contribution is -2.32. The van der Waals surface area contributed by atoms with Gasteiger partial charge in [-0.25, -0.2) is 0 Å². The number of rotatable bonds is 5. The fourth-order valence-electron chi connectivity index (χ4n) is 0.510. The Balaban J connectivity index is 2.88. The lowest BCUT2D eigenvalue weighted by atomic mass is 10.3. The van der Waals surface area contributed by atoms with Crippen LogP contribution in [0.3, 0.4) is 0 Å². The highest BCUT2D eigenvalue weighted by Crippen LogP contribution is 1.83. The number of hydrogen-bond donors (Lipinski definition) is 3. The molecule has 0 aliphatic heterocycles. The second-order valence-electron chi connectivity index (χ2n) is 2.01. The summed E-state index contributed by atoms with van der Waals surface area (Å²) >= 11 is 0. The average Bonchev–Trinajstić information content (AvgIpc) is 1.89. The Morgan fingerprint density at radius 1 is 1.56 bits per heavy atom. The van der Waals surface area contributed by atoms with Gasteiger partial charge in [0.1, 0.15) is 6.23 Å². The molecule has 0 aliphatic carbocycles. The molecular formula is C6H15NO2. The Hall–Kier alpha value is -0.120. The van der Waals surface area contributed by atoms with Gasteiger partial charge in [0.05, 0.1) is 6.61 Å². The van der Waals surface area contributed by atoms with Gasteiger partial charge in [0.25, 0.3) is 0 Å². The SMILES string of the molecule is CCCCN[C@H](O)CO. The molecule has 0 fully saturated rings. The Morgan fingerprint density at radius 3 is 2.67 bits per heavy atom. The van der Waals surface area contributed by atoms with Gasteiger partial charge in [-0.3, -0.25) is 5.32 Å². The Morgan fingerprint density at radius 2 is 2.22 bits per heavy atom. The zero-order valence-electron chi connectivity index (χ0n) is 5.80. The van der Waals surface area contributed by atoms with Gasteiger partial charge < -0.3 is 10.2 Å². The molecule has 0 saturated heterocycles. The summed E-state index contributed by atoms with van der Waals surface area (Å²) in [4.78, 5) is 0. The van der Waals surface area contributed by atoms with Crippen LogP contribution in [0.1, 0.15) is 19.8 Å². The first-order valence-corrected chi connectivity index (χ1v) is 3.33. The summed E-state index contributed by atoms with van der Waals surface area (Å²) in [6.07, 6.45) is 1.40. The van der Waals surface area contributed by atoms with Crippen molar-refractivity contribution in [3.8, 4) is 0 Å². The van der Waals surface area contributed by atoms with Gasteiger partial charge in [-0.2, -0.15) is 0 Å². The van der Waals surface area contributed by atoms with E-state index in [0.29, 0.717) is 0 Å². The molecular weight excluding hydrogens is 118 g/mol. The number of unbranched alkanes of at least 4 members (excludes halogenated alkanes) is 1. The highest BCUT2D eigenvalue weighted by Gasteiger charge is 1.96. The molecule has 0 aliphatic rings. The first-order valence-electron chi connectivity index (χ1n) is 3.33. The Kier molecular flexibility index (Phi) is 5.93. The van der Waals surface area contributed by atoms with E-state index in [4.69, 9.17) is 10.2 Å². The Labute approximate surface area is 55.7 Å². The van der Waals surface area contributed by atoms with E-state index < -0.39 is 6.23 Å². The van der Waals surface area contributed by atoms with Crippen LogP contribution < -0.4 is 5.32 Å². The van der Waals surface area contributed by atoms with E-state index in [1.54, 1.807) is 0 Å². The van der Waals surface area contributed by atoms with Gasteiger partial charge in [0.15, 0.2) is 0 Å². The smallest absolute Gasteiger partial charge is 0.128 e. The normalized spacial score (nSPS) is 13.7. The third-order valence-electron chi connectivity index (χ3n) is 1.08. The summed E-state index contributed by atoms with van der Waals surface area (Å²) < 4.78 is 0. The van der Waals surface area contributed by atoms with Crippen LogP contribution >= 0.6 is 0 Å². The zero-order chi connectivity index (χ0) is 7.11. The van der Waals surface area contributed by atoms with E-state index in [2.05, 4.69) is 12.2 Å². The van der Waals surface area contributed by atoms with Crippen molar-refractivity contribution in [2.24, 2.45) is 0 Å². The molecule has 0 spiro atoms. The summed E-state index contributed by atoms with van der Waals surface area (Å²) in [5, 5.41) is 19.8. The zero-order valence-corrected chi connectivity index (χ0v) is 5.80. The molecule has 0 heterocycles. The molecule has 1 atom stereocenters. The maximum Gasteiger partial charge on any atom is 0.128 e. The van der Waals surface area contributed by atoms with Crippen LogP contribution in [-0.4, -0.2) is 29.6 Å². The molecule has 0 radical (unpaired) electrons. The molecule has 3 nitrogen and oxygen atoms in total. The predicted octanol–water partition coefficient (Wildman–Crippen LogP) is -0.313. The molecule has 9 heavy (non-hydrogen) atoms. The monoisotopic (exact) mass is 133 g/mol. The molecule has 0 rings (SSSR count). The maximum atomic E-state index is 8.72. The minimum Gasteiger partial charge on any atom is -0.392 e. The highest BCUT2D eigenvalue weighted by atomic mass is 16.3. The van der Waals surface area contributed by atoms with Crippen LogP contribution in [-0.2, 0) is 0 Å². The third-order valence-corrected chi connectivity index (χ3v) is 1.08. The fourth-order valence-corrected chi connectivity index (χ4v) is 0.510. The summed E-state index contributed by atoms with van der Waals surface area (Å²) in [7, 11) is 0. The van der Waals surface area contributed by atoms with Crippen molar-refractivity contribution in [3.05, 3.63) is 0 Å². The summed E-state index contributed by atoms with van der Waals surface area (Å²) in [6.45, 7) is 2.65. The third kappa shape index (κ3) is 5.76. The van der Waals surface area contributed by atoms with E-state index in [9.17, 15) is 0 Å². The molecule has 56 valence electrons.